The highest BCUT2D eigenvalue weighted by Gasteiger charge is 2.28. The van der Waals surface area contributed by atoms with Gasteiger partial charge >= 0.3 is 5.97 Å². The Hall–Kier alpha value is -1.88. The summed E-state index contributed by atoms with van der Waals surface area (Å²) in [6, 6.07) is 7.77. The maximum Gasteiger partial charge on any atom is 0.323 e. The summed E-state index contributed by atoms with van der Waals surface area (Å²) in [6.45, 7) is 1.04. The third-order valence-corrected chi connectivity index (χ3v) is 3.14. The van der Waals surface area contributed by atoms with Crippen LogP contribution in [0.2, 0.25) is 0 Å². The molecule has 5 heteroatoms. The molecule has 0 fully saturated rings. The Kier molecular flexibility index (Phi) is 3.62. The lowest BCUT2D eigenvalue weighted by Crippen LogP contribution is -2.41. The van der Waals surface area contributed by atoms with Crippen LogP contribution in [0.25, 0.3) is 0 Å². The summed E-state index contributed by atoms with van der Waals surface area (Å²) < 4.78 is 0. The molecule has 1 amide bonds. The van der Waals surface area contributed by atoms with Gasteiger partial charge in [-0.25, -0.2) is 0 Å². The molecule has 0 bridgehead atoms. The van der Waals surface area contributed by atoms with Crippen molar-refractivity contribution in [2.75, 3.05) is 20.1 Å². The van der Waals surface area contributed by atoms with Crippen molar-refractivity contribution in [1.82, 2.24) is 10.2 Å². The van der Waals surface area contributed by atoms with Crippen LogP contribution < -0.4 is 5.32 Å². The second-order valence-electron chi connectivity index (χ2n) is 4.47. The maximum absolute atomic E-state index is 12.2. The Morgan fingerprint density at radius 2 is 2.17 bits per heavy atom. The van der Waals surface area contributed by atoms with E-state index in [1.54, 1.807) is 0 Å². The number of hydrogen-bond donors (Lipinski definition) is 2. The molecule has 1 aliphatic rings. The second kappa shape index (κ2) is 5.18. The number of nitrogens with one attached hydrogen (secondary N) is 1. The number of carboxylic acids is 1. The molecule has 96 valence electrons. The fourth-order valence-electron chi connectivity index (χ4n) is 2.26. The SMILES string of the molecule is CN(CC(=O)O)C(=O)C1CNCc2ccccc21. The second-order valence-corrected chi connectivity index (χ2v) is 4.47. The van der Waals surface area contributed by atoms with E-state index in [2.05, 4.69) is 5.32 Å². The quantitative estimate of drug-likeness (QED) is 0.813. The van der Waals surface area contributed by atoms with Gasteiger partial charge in [-0.1, -0.05) is 24.3 Å². The zero-order chi connectivity index (χ0) is 13.1. The highest BCUT2D eigenvalue weighted by molar-refractivity contribution is 5.87. The molecule has 0 aliphatic carbocycles. The highest BCUT2D eigenvalue weighted by Crippen LogP contribution is 2.25. The minimum absolute atomic E-state index is 0.156. The van der Waals surface area contributed by atoms with Gasteiger partial charge in [0.1, 0.15) is 6.54 Å². The first-order valence-electron chi connectivity index (χ1n) is 5.85. The largest absolute Gasteiger partial charge is 0.480 e. The van der Waals surface area contributed by atoms with E-state index in [9.17, 15) is 9.59 Å². The first kappa shape index (κ1) is 12.6. The van der Waals surface area contributed by atoms with Crippen LogP contribution in [0, 0.1) is 0 Å². The minimum atomic E-state index is -0.997. The van der Waals surface area contributed by atoms with Gasteiger partial charge in [-0.05, 0) is 11.1 Å². The molecule has 5 nitrogen and oxygen atoms in total. The summed E-state index contributed by atoms with van der Waals surface area (Å²) in [5.74, 6) is -1.45. The molecule has 1 atom stereocenters. The Balaban J connectivity index is 2.20. The van der Waals surface area contributed by atoms with Crippen LogP contribution in [0.1, 0.15) is 17.0 Å². The van der Waals surface area contributed by atoms with Crippen LogP contribution in [0.3, 0.4) is 0 Å². The molecule has 1 aromatic carbocycles. The zero-order valence-corrected chi connectivity index (χ0v) is 10.2. The summed E-state index contributed by atoms with van der Waals surface area (Å²) in [7, 11) is 1.52. The third-order valence-electron chi connectivity index (χ3n) is 3.14. The molecule has 1 heterocycles. The van der Waals surface area contributed by atoms with Crippen molar-refractivity contribution in [3.63, 3.8) is 0 Å². The zero-order valence-electron chi connectivity index (χ0n) is 10.2. The van der Waals surface area contributed by atoms with Gasteiger partial charge in [-0.15, -0.1) is 0 Å². The highest BCUT2D eigenvalue weighted by atomic mass is 16.4. The fourth-order valence-corrected chi connectivity index (χ4v) is 2.26. The van der Waals surface area contributed by atoms with E-state index in [1.165, 1.54) is 11.9 Å². The Morgan fingerprint density at radius 1 is 1.44 bits per heavy atom. The van der Waals surface area contributed by atoms with Gasteiger partial charge in [0.25, 0.3) is 0 Å². The van der Waals surface area contributed by atoms with E-state index >= 15 is 0 Å². The first-order chi connectivity index (χ1) is 8.59. The van der Waals surface area contributed by atoms with Crippen molar-refractivity contribution in [2.24, 2.45) is 0 Å². The van der Waals surface area contributed by atoms with Crippen LogP contribution in [0.5, 0.6) is 0 Å². The predicted octanol–water partition coefficient (Wildman–Crippen LogP) is 0.416. The van der Waals surface area contributed by atoms with Crippen LogP contribution in [0.4, 0.5) is 0 Å². The van der Waals surface area contributed by atoms with Crippen molar-refractivity contribution in [3.8, 4) is 0 Å². The predicted molar refractivity (Wildman–Crippen MR) is 66.2 cm³/mol. The van der Waals surface area contributed by atoms with E-state index in [0.29, 0.717) is 6.54 Å². The number of carboxylic acid groups (broad SMARTS) is 1. The first-order valence-corrected chi connectivity index (χ1v) is 5.85. The van der Waals surface area contributed by atoms with Crippen molar-refractivity contribution < 1.29 is 14.7 Å². The maximum atomic E-state index is 12.2. The molecule has 1 aliphatic heterocycles. The van der Waals surface area contributed by atoms with Crippen LogP contribution in [-0.4, -0.2) is 42.0 Å². The summed E-state index contributed by atoms with van der Waals surface area (Å²) in [6.07, 6.45) is 0. The van der Waals surface area contributed by atoms with E-state index in [4.69, 9.17) is 5.11 Å². The van der Waals surface area contributed by atoms with Gasteiger partial charge in [0.05, 0.1) is 5.92 Å². The van der Waals surface area contributed by atoms with Crippen LogP contribution in [0.15, 0.2) is 24.3 Å². The Bertz CT molecular complexity index is 473. The van der Waals surface area contributed by atoms with E-state index < -0.39 is 5.97 Å². The number of rotatable bonds is 3. The van der Waals surface area contributed by atoms with Gasteiger partial charge in [0.2, 0.25) is 5.91 Å². The van der Waals surface area contributed by atoms with Gasteiger partial charge < -0.3 is 15.3 Å². The molecular weight excluding hydrogens is 232 g/mol. The number of fused-ring (bicyclic) bond motifs is 1. The van der Waals surface area contributed by atoms with E-state index in [0.717, 1.165) is 17.7 Å². The molecule has 0 radical (unpaired) electrons. The number of hydrogen-bond acceptors (Lipinski definition) is 3. The molecule has 1 unspecified atom stereocenters. The van der Waals surface area contributed by atoms with Crippen molar-refractivity contribution in [1.29, 1.82) is 0 Å². The van der Waals surface area contributed by atoms with E-state index in [-0.39, 0.29) is 18.4 Å². The number of likely N-dealkylation sites (N-methyl/N-ethyl adjacent to an activating group) is 1. The molecule has 0 spiro atoms. The van der Waals surface area contributed by atoms with Crippen LogP contribution in [-0.2, 0) is 16.1 Å². The van der Waals surface area contributed by atoms with E-state index in [1.807, 2.05) is 24.3 Å². The van der Waals surface area contributed by atoms with Gasteiger partial charge in [0.15, 0.2) is 0 Å². The molecule has 0 saturated heterocycles. The number of carbonyl (C=O) groups excluding carboxylic acids is 1. The smallest absolute Gasteiger partial charge is 0.323 e. The fraction of sp³-hybridized carbons (Fsp3) is 0.385. The molecule has 0 aromatic heterocycles. The average Bonchev–Trinajstić information content (AvgIpc) is 2.36. The van der Waals surface area contributed by atoms with Gasteiger partial charge in [0, 0.05) is 20.1 Å². The Labute approximate surface area is 105 Å². The van der Waals surface area contributed by atoms with Gasteiger partial charge in [-0.3, -0.25) is 9.59 Å². The molecule has 2 rings (SSSR count). The molecule has 0 saturated carbocycles. The topological polar surface area (TPSA) is 69.6 Å². The average molecular weight is 248 g/mol. The normalized spacial score (nSPS) is 17.9. The molecule has 1 aromatic rings. The van der Waals surface area contributed by atoms with Crippen molar-refractivity contribution in [3.05, 3.63) is 35.4 Å². The number of amides is 1. The lowest BCUT2D eigenvalue weighted by Gasteiger charge is -2.28. The number of carbonyl (C=O) groups is 2. The molecule has 2 N–H and O–H groups in total. The standard InChI is InChI=1S/C13H16N2O3/c1-15(8-12(16)17)13(18)11-7-14-6-9-4-2-3-5-10(9)11/h2-5,11,14H,6-8H2,1H3,(H,16,17). The Morgan fingerprint density at radius 3 is 2.89 bits per heavy atom. The molecular formula is C13H16N2O3. The lowest BCUT2D eigenvalue weighted by atomic mass is 9.90. The molecule has 18 heavy (non-hydrogen) atoms. The van der Waals surface area contributed by atoms with Crippen LogP contribution >= 0.6 is 0 Å². The minimum Gasteiger partial charge on any atom is -0.480 e. The van der Waals surface area contributed by atoms with Crippen molar-refractivity contribution in [2.45, 2.75) is 12.5 Å². The summed E-state index contributed by atoms with van der Waals surface area (Å²) in [5.41, 5.74) is 2.10. The summed E-state index contributed by atoms with van der Waals surface area (Å²) in [5, 5.41) is 11.9. The summed E-state index contributed by atoms with van der Waals surface area (Å²) >= 11 is 0. The number of benzene rings is 1. The summed E-state index contributed by atoms with van der Waals surface area (Å²) in [4.78, 5) is 24.1. The lowest BCUT2D eigenvalue weighted by molar-refractivity contribution is -0.144. The number of nitrogens with zero attached hydrogens (tertiary/aromatic N) is 1. The van der Waals surface area contributed by atoms with Crippen molar-refractivity contribution >= 4 is 11.9 Å². The third kappa shape index (κ3) is 2.51. The van der Waals surface area contributed by atoms with Gasteiger partial charge in [-0.2, -0.15) is 0 Å². The number of aliphatic carboxylic acids is 1. The monoisotopic (exact) mass is 248 g/mol.